The van der Waals surface area contributed by atoms with Gasteiger partial charge in [0.15, 0.2) is 0 Å². The number of nitrogens with two attached hydrogens (primary N) is 1. The molecular formula is C12H19N5O2. The zero-order valence-electron chi connectivity index (χ0n) is 10.7. The van der Waals surface area contributed by atoms with E-state index < -0.39 is 0 Å². The molecule has 1 rings (SSSR count). The van der Waals surface area contributed by atoms with E-state index in [-0.39, 0.29) is 24.9 Å². The van der Waals surface area contributed by atoms with Gasteiger partial charge in [-0.1, -0.05) is 6.07 Å². The number of anilines is 1. The molecule has 0 aromatic carbocycles. The van der Waals surface area contributed by atoms with E-state index in [9.17, 15) is 9.59 Å². The average molecular weight is 265 g/mol. The Balaban J connectivity index is 2.01. The summed E-state index contributed by atoms with van der Waals surface area (Å²) in [6, 6.07) is 5.62. The molecule has 1 heterocycles. The fourth-order valence-corrected chi connectivity index (χ4v) is 1.31. The third-order valence-electron chi connectivity index (χ3n) is 2.28. The minimum Gasteiger partial charge on any atom is -0.370 e. The van der Waals surface area contributed by atoms with Crippen LogP contribution in [0.3, 0.4) is 0 Å². The molecule has 1 aromatic heterocycles. The normalized spacial score (nSPS) is 9.74. The molecule has 0 saturated carbocycles. The van der Waals surface area contributed by atoms with Gasteiger partial charge in [0, 0.05) is 19.3 Å². The molecule has 0 atom stereocenters. The van der Waals surface area contributed by atoms with Gasteiger partial charge in [0.1, 0.15) is 5.82 Å². The molecule has 0 radical (unpaired) electrons. The lowest BCUT2D eigenvalue weighted by Gasteiger charge is -2.07. The quantitative estimate of drug-likeness (QED) is 0.454. The van der Waals surface area contributed by atoms with Gasteiger partial charge in [0.2, 0.25) is 11.8 Å². The van der Waals surface area contributed by atoms with Gasteiger partial charge in [-0.3, -0.25) is 9.59 Å². The van der Waals surface area contributed by atoms with Crippen LogP contribution in [0.15, 0.2) is 24.4 Å². The zero-order valence-corrected chi connectivity index (χ0v) is 10.7. The summed E-state index contributed by atoms with van der Waals surface area (Å²) in [6.07, 6.45) is 2.48. The Morgan fingerprint density at radius 2 is 2.00 bits per heavy atom. The van der Waals surface area contributed by atoms with E-state index in [2.05, 4.69) is 20.9 Å². The Labute approximate surface area is 112 Å². The van der Waals surface area contributed by atoms with Gasteiger partial charge in [-0.05, 0) is 18.6 Å². The second-order valence-electron chi connectivity index (χ2n) is 3.83. The maximum Gasteiger partial charge on any atom is 0.239 e. The minimum atomic E-state index is -0.341. The highest BCUT2D eigenvalue weighted by Gasteiger charge is 2.02. The first-order chi connectivity index (χ1) is 9.22. The minimum absolute atomic E-state index is 0.0380. The molecule has 2 amide bonds. The standard InChI is InChI=1S/C12H19N5O2/c13-8-11(18)17-9-12(19)16-7-3-6-15-10-4-1-2-5-14-10/h1-2,4-5H,3,6-9,13H2,(H,14,15)(H,16,19)(H,17,18). The predicted octanol–water partition coefficient (Wildman–Crippen LogP) is -0.925. The van der Waals surface area contributed by atoms with E-state index in [4.69, 9.17) is 5.73 Å². The van der Waals surface area contributed by atoms with Crippen LogP contribution in [0.1, 0.15) is 6.42 Å². The Morgan fingerprint density at radius 3 is 2.68 bits per heavy atom. The number of rotatable bonds is 8. The smallest absolute Gasteiger partial charge is 0.239 e. The number of nitrogens with zero attached hydrogens (tertiary/aromatic N) is 1. The maximum atomic E-state index is 11.3. The first-order valence-corrected chi connectivity index (χ1v) is 6.10. The molecular weight excluding hydrogens is 246 g/mol. The Hall–Kier alpha value is -2.15. The second-order valence-corrected chi connectivity index (χ2v) is 3.83. The van der Waals surface area contributed by atoms with Crippen LogP contribution < -0.4 is 21.7 Å². The number of nitrogens with one attached hydrogen (secondary N) is 3. The number of hydrogen-bond donors (Lipinski definition) is 4. The molecule has 0 spiro atoms. The van der Waals surface area contributed by atoms with Crippen molar-refractivity contribution in [2.75, 3.05) is 31.5 Å². The first-order valence-electron chi connectivity index (χ1n) is 6.10. The highest BCUT2D eigenvalue weighted by Crippen LogP contribution is 1.98. The van der Waals surface area contributed by atoms with E-state index in [0.717, 1.165) is 12.2 Å². The molecule has 0 fully saturated rings. The van der Waals surface area contributed by atoms with Crippen molar-refractivity contribution in [3.63, 3.8) is 0 Å². The Morgan fingerprint density at radius 1 is 1.16 bits per heavy atom. The highest BCUT2D eigenvalue weighted by atomic mass is 16.2. The maximum absolute atomic E-state index is 11.3. The van der Waals surface area contributed by atoms with Gasteiger partial charge in [-0.15, -0.1) is 0 Å². The van der Waals surface area contributed by atoms with E-state index >= 15 is 0 Å². The molecule has 1 aromatic rings. The van der Waals surface area contributed by atoms with Crippen molar-refractivity contribution >= 4 is 17.6 Å². The molecule has 7 heteroatoms. The number of aromatic nitrogens is 1. The molecule has 0 unspecified atom stereocenters. The van der Waals surface area contributed by atoms with Crippen molar-refractivity contribution in [3.8, 4) is 0 Å². The van der Waals surface area contributed by atoms with Crippen LogP contribution in [0.5, 0.6) is 0 Å². The van der Waals surface area contributed by atoms with Crippen LogP contribution >= 0.6 is 0 Å². The van der Waals surface area contributed by atoms with Crippen LogP contribution in [-0.2, 0) is 9.59 Å². The van der Waals surface area contributed by atoms with Gasteiger partial charge < -0.3 is 21.7 Å². The summed E-state index contributed by atoms with van der Waals surface area (Å²) in [7, 11) is 0. The first kappa shape index (κ1) is 14.9. The molecule has 7 nitrogen and oxygen atoms in total. The molecule has 0 aliphatic carbocycles. The Kier molecular flexibility index (Phi) is 6.96. The zero-order chi connectivity index (χ0) is 13.9. The lowest BCUT2D eigenvalue weighted by molar-refractivity contribution is -0.125. The van der Waals surface area contributed by atoms with Crippen molar-refractivity contribution in [1.29, 1.82) is 0 Å². The topological polar surface area (TPSA) is 109 Å². The Bertz CT molecular complexity index is 396. The van der Waals surface area contributed by atoms with Crippen LogP contribution in [0.4, 0.5) is 5.82 Å². The second kappa shape index (κ2) is 8.87. The van der Waals surface area contributed by atoms with Crippen molar-refractivity contribution in [3.05, 3.63) is 24.4 Å². The molecule has 0 saturated heterocycles. The van der Waals surface area contributed by atoms with Crippen molar-refractivity contribution < 1.29 is 9.59 Å². The van der Waals surface area contributed by atoms with Crippen LogP contribution in [-0.4, -0.2) is 43.0 Å². The lowest BCUT2D eigenvalue weighted by atomic mass is 10.4. The summed E-state index contributed by atoms with van der Waals surface area (Å²) in [6.45, 7) is 1.11. The van der Waals surface area contributed by atoms with Crippen molar-refractivity contribution in [1.82, 2.24) is 15.6 Å². The monoisotopic (exact) mass is 265 g/mol. The fraction of sp³-hybridized carbons (Fsp3) is 0.417. The fourth-order valence-electron chi connectivity index (χ4n) is 1.31. The number of hydrogen-bond acceptors (Lipinski definition) is 5. The van der Waals surface area contributed by atoms with Gasteiger partial charge in [-0.25, -0.2) is 4.98 Å². The summed E-state index contributed by atoms with van der Waals surface area (Å²) >= 11 is 0. The van der Waals surface area contributed by atoms with E-state index in [1.54, 1.807) is 6.20 Å². The van der Waals surface area contributed by atoms with Gasteiger partial charge >= 0.3 is 0 Å². The average Bonchev–Trinajstić information content (AvgIpc) is 2.45. The highest BCUT2D eigenvalue weighted by molar-refractivity contribution is 5.85. The molecule has 5 N–H and O–H groups in total. The molecule has 104 valence electrons. The largest absolute Gasteiger partial charge is 0.370 e. The summed E-state index contributed by atoms with van der Waals surface area (Å²) in [5.74, 6) is 0.246. The third kappa shape index (κ3) is 6.99. The summed E-state index contributed by atoms with van der Waals surface area (Å²) in [5, 5.41) is 8.22. The van der Waals surface area contributed by atoms with E-state index in [1.165, 1.54) is 0 Å². The van der Waals surface area contributed by atoms with Crippen LogP contribution in [0.25, 0.3) is 0 Å². The van der Waals surface area contributed by atoms with E-state index in [1.807, 2.05) is 18.2 Å². The number of amides is 2. The molecule has 0 bridgehead atoms. The van der Waals surface area contributed by atoms with Crippen molar-refractivity contribution in [2.24, 2.45) is 5.73 Å². The van der Waals surface area contributed by atoms with Gasteiger partial charge in [0.05, 0.1) is 13.1 Å². The molecule has 0 aliphatic rings. The third-order valence-corrected chi connectivity index (χ3v) is 2.28. The summed E-state index contributed by atoms with van der Waals surface area (Å²) < 4.78 is 0. The molecule has 0 aliphatic heterocycles. The van der Waals surface area contributed by atoms with Crippen LogP contribution in [0.2, 0.25) is 0 Å². The number of carbonyl (C=O) groups excluding carboxylic acids is 2. The summed E-state index contributed by atoms with van der Waals surface area (Å²) in [4.78, 5) is 26.2. The van der Waals surface area contributed by atoms with E-state index in [0.29, 0.717) is 13.1 Å². The SMILES string of the molecule is NCC(=O)NCC(=O)NCCCNc1ccccn1. The summed E-state index contributed by atoms with van der Waals surface area (Å²) in [5.41, 5.74) is 5.10. The number of carbonyl (C=O) groups is 2. The number of pyridine rings is 1. The van der Waals surface area contributed by atoms with Gasteiger partial charge in [0.25, 0.3) is 0 Å². The van der Waals surface area contributed by atoms with Crippen LogP contribution in [0, 0.1) is 0 Å². The lowest BCUT2D eigenvalue weighted by Crippen LogP contribution is -2.39. The van der Waals surface area contributed by atoms with Gasteiger partial charge in [-0.2, -0.15) is 0 Å². The molecule has 19 heavy (non-hydrogen) atoms. The predicted molar refractivity (Wildman–Crippen MR) is 72.4 cm³/mol. The van der Waals surface area contributed by atoms with Crippen molar-refractivity contribution in [2.45, 2.75) is 6.42 Å².